The van der Waals surface area contributed by atoms with Crippen LogP contribution in [0.3, 0.4) is 0 Å². The molecule has 3 rings (SSSR count). The Morgan fingerprint density at radius 2 is 1.48 bits per heavy atom. The fraction of sp³-hybridized carbons (Fsp3) is 0.360. The monoisotopic (exact) mass is 445 g/mol. The Hall–Kier alpha value is -1.31. The molecule has 1 fully saturated rings. The molecule has 0 bridgehead atoms. The van der Waals surface area contributed by atoms with Gasteiger partial charge in [-0.3, -0.25) is 15.9 Å². The number of amides is 1. The standard InChI is InChI=1S/C15H20NO2.C10H8O2.K/c1-11-8-9-13(10-14(11)18-2)16-15(17)12-6-4-3-5-7-12;1-7-3-4-8(2)10(6-12)9(7)5-11;/h3,8-10,12H,4-7H2,1-2H3,(H,16,17);3-4H,1-2H3;/q-1;-2;+1. The van der Waals surface area contributed by atoms with Crippen molar-refractivity contribution < 1.29 is 70.5 Å². The summed E-state index contributed by atoms with van der Waals surface area (Å²) in [6, 6.07) is 9.34. The van der Waals surface area contributed by atoms with Crippen LogP contribution in [-0.2, 0) is 14.4 Å². The first-order chi connectivity index (χ1) is 14.4. The largest absolute Gasteiger partial charge is 1.00 e. The zero-order valence-corrected chi connectivity index (χ0v) is 22.1. The molecule has 1 N–H and O–H groups in total. The zero-order valence-electron chi connectivity index (χ0n) is 19.0. The maximum absolute atomic E-state index is 12.1. The van der Waals surface area contributed by atoms with Crippen LogP contribution in [0.5, 0.6) is 5.75 Å². The summed E-state index contributed by atoms with van der Waals surface area (Å²) in [7, 11) is 1.64. The van der Waals surface area contributed by atoms with Crippen molar-refractivity contribution in [2.24, 2.45) is 5.92 Å². The van der Waals surface area contributed by atoms with Crippen molar-refractivity contribution in [2.75, 3.05) is 12.4 Å². The molecule has 0 saturated heterocycles. The van der Waals surface area contributed by atoms with Gasteiger partial charge in [0.1, 0.15) is 5.75 Å². The number of benzene rings is 2. The van der Waals surface area contributed by atoms with Crippen LogP contribution in [0.15, 0.2) is 30.3 Å². The van der Waals surface area contributed by atoms with Gasteiger partial charge in [0.15, 0.2) is 0 Å². The smallest absolute Gasteiger partial charge is 0.496 e. The van der Waals surface area contributed by atoms with Crippen LogP contribution in [0.25, 0.3) is 0 Å². The van der Waals surface area contributed by atoms with E-state index in [1.54, 1.807) is 45.7 Å². The number of nitrogens with one attached hydrogen (secondary N) is 1. The first-order valence-electron chi connectivity index (χ1n) is 10.0. The molecule has 1 aliphatic carbocycles. The summed E-state index contributed by atoms with van der Waals surface area (Å²) in [5, 5.41) is 2.98. The van der Waals surface area contributed by atoms with Crippen molar-refractivity contribution in [3.63, 3.8) is 0 Å². The molecule has 2 aromatic rings. The zero-order chi connectivity index (χ0) is 22.1. The number of carbonyl (C=O) groups excluding carboxylic acids is 3. The van der Waals surface area contributed by atoms with Crippen LogP contribution >= 0.6 is 0 Å². The number of aryl methyl sites for hydroxylation is 3. The number of anilines is 1. The van der Waals surface area contributed by atoms with E-state index < -0.39 is 0 Å². The maximum atomic E-state index is 12.1. The quantitative estimate of drug-likeness (QED) is 0.560. The predicted molar refractivity (Wildman–Crippen MR) is 118 cm³/mol. The van der Waals surface area contributed by atoms with Gasteiger partial charge in [-0.1, -0.05) is 32.8 Å². The molecule has 0 radical (unpaired) electrons. The molecule has 0 aromatic heterocycles. The summed E-state index contributed by atoms with van der Waals surface area (Å²) in [6.07, 6.45) is 9.78. The molecular weight excluding hydrogens is 417 g/mol. The van der Waals surface area contributed by atoms with Crippen molar-refractivity contribution in [3.8, 4) is 5.75 Å². The second kappa shape index (κ2) is 14.0. The molecular formula is C25H28KNO4-2. The molecule has 0 heterocycles. The van der Waals surface area contributed by atoms with Crippen LogP contribution in [0.4, 0.5) is 5.69 Å². The van der Waals surface area contributed by atoms with Crippen LogP contribution in [0.2, 0.25) is 0 Å². The van der Waals surface area contributed by atoms with Crippen LogP contribution in [0.1, 0.15) is 53.5 Å². The Kier molecular flexibility index (Phi) is 12.5. The normalized spacial score (nSPS) is 13.2. The van der Waals surface area contributed by atoms with E-state index in [1.165, 1.54) is 0 Å². The Morgan fingerprint density at radius 3 is 1.97 bits per heavy atom. The molecule has 31 heavy (non-hydrogen) atoms. The van der Waals surface area contributed by atoms with Gasteiger partial charge in [-0.05, 0) is 31.1 Å². The Balaban J connectivity index is 0.000000324. The fourth-order valence-corrected chi connectivity index (χ4v) is 3.41. The second-order valence-corrected chi connectivity index (χ2v) is 7.47. The van der Waals surface area contributed by atoms with Crippen LogP contribution < -0.4 is 61.4 Å². The van der Waals surface area contributed by atoms with Gasteiger partial charge in [-0.15, -0.1) is 12.1 Å². The molecule has 0 spiro atoms. The van der Waals surface area contributed by atoms with Gasteiger partial charge in [-0.2, -0.15) is 12.8 Å². The van der Waals surface area contributed by atoms with E-state index in [2.05, 4.69) is 11.7 Å². The number of hydrogen-bond donors (Lipinski definition) is 1. The molecule has 0 unspecified atom stereocenters. The Morgan fingerprint density at radius 1 is 0.968 bits per heavy atom. The topological polar surface area (TPSA) is 72.5 Å². The molecule has 0 atom stereocenters. The number of hydrogen-bond acceptors (Lipinski definition) is 4. The summed E-state index contributed by atoms with van der Waals surface area (Å²) in [5.74, 6) is 1.10. The van der Waals surface area contributed by atoms with Gasteiger partial charge in [-0.25, -0.2) is 11.1 Å². The molecule has 1 saturated carbocycles. The Labute approximate surface area is 227 Å². The first-order valence-corrected chi connectivity index (χ1v) is 10.0. The minimum Gasteiger partial charge on any atom is -0.496 e. The number of carbonyl (C=O) groups is 1. The average molecular weight is 446 g/mol. The van der Waals surface area contributed by atoms with Crippen LogP contribution in [0, 0.1) is 33.1 Å². The minimum atomic E-state index is 0. The maximum Gasteiger partial charge on any atom is 1.00 e. The van der Waals surface area contributed by atoms with Crippen molar-refractivity contribution in [3.05, 3.63) is 64.6 Å². The fourth-order valence-electron chi connectivity index (χ4n) is 3.41. The van der Waals surface area contributed by atoms with Crippen molar-refractivity contribution in [1.82, 2.24) is 0 Å². The van der Waals surface area contributed by atoms with E-state index in [1.807, 2.05) is 25.1 Å². The summed E-state index contributed by atoms with van der Waals surface area (Å²) < 4.78 is 5.26. The molecule has 2 aromatic carbocycles. The van der Waals surface area contributed by atoms with Crippen molar-refractivity contribution in [2.45, 2.75) is 46.5 Å². The van der Waals surface area contributed by atoms with E-state index in [-0.39, 0.29) is 63.2 Å². The van der Waals surface area contributed by atoms with E-state index in [0.717, 1.165) is 53.8 Å². The average Bonchev–Trinajstić information content (AvgIpc) is 2.77. The van der Waals surface area contributed by atoms with Crippen molar-refractivity contribution >= 4 is 24.2 Å². The van der Waals surface area contributed by atoms with E-state index in [0.29, 0.717) is 11.1 Å². The minimum absolute atomic E-state index is 0. The second-order valence-electron chi connectivity index (χ2n) is 7.47. The van der Waals surface area contributed by atoms with Gasteiger partial charge in [0, 0.05) is 17.7 Å². The third-order valence-corrected chi connectivity index (χ3v) is 5.31. The predicted octanol–water partition coefficient (Wildman–Crippen LogP) is 1.56. The first kappa shape index (κ1) is 27.7. The van der Waals surface area contributed by atoms with Gasteiger partial charge < -0.3 is 26.1 Å². The van der Waals surface area contributed by atoms with Crippen LogP contribution in [-0.4, -0.2) is 25.6 Å². The molecule has 1 amide bonds. The molecule has 160 valence electrons. The summed E-state index contributed by atoms with van der Waals surface area (Å²) in [4.78, 5) is 33.0. The van der Waals surface area contributed by atoms with Gasteiger partial charge >= 0.3 is 51.4 Å². The van der Waals surface area contributed by atoms with E-state index in [9.17, 15) is 14.4 Å². The van der Waals surface area contributed by atoms with Gasteiger partial charge in [0.25, 0.3) is 0 Å². The molecule has 0 aliphatic heterocycles. The van der Waals surface area contributed by atoms with E-state index >= 15 is 0 Å². The molecule has 1 aliphatic rings. The van der Waals surface area contributed by atoms with Crippen molar-refractivity contribution in [1.29, 1.82) is 0 Å². The number of ether oxygens (including phenoxy) is 1. The third-order valence-electron chi connectivity index (χ3n) is 5.31. The summed E-state index contributed by atoms with van der Waals surface area (Å²) >= 11 is 0. The Bertz CT molecular complexity index is 872. The van der Waals surface area contributed by atoms with Gasteiger partial charge in [0.2, 0.25) is 5.91 Å². The summed E-state index contributed by atoms with van der Waals surface area (Å²) in [6.45, 7) is 5.52. The SMILES string of the molecule is COc1cc(NC(=O)C2CC[CH-]CC2)ccc1C.Cc1ccc(C)c([C-]=O)c1[C-]=O.[K+]. The van der Waals surface area contributed by atoms with Gasteiger partial charge in [0.05, 0.1) is 7.11 Å². The molecule has 5 nitrogen and oxygen atoms in total. The van der Waals surface area contributed by atoms with E-state index in [4.69, 9.17) is 4.74 Å². The third kappa shape index (κ3) is 7.95. The number of rotatable bonds is 5. The summed E-state index contributed by atoms with van der Waals surface area (Å²) in [5.41, 5.74) is 4.05. The number of methoxy groups -OCH3 is 1. The molecule has 6 heteroatoms.